The zero-order chi connectivity index (χ0) is 16.5. The fourth-order valence-electron chi connectivity index (χ4n) is 2.87. The van der Waals surface area contributed by atoms with Crippen molar-refractivity contribution < 1.29 is 4.74 Å². The number of aromatic nitrogens is 1. The maximum atomic E-state index is 5.97. The molecule has 2 rings (SSSR count). The van der Waals surface area contributed by atoms with Gasteiger partial charge >= 0.3 is 0 Å². The third-order valence-corrected chi connectivity index (χ3v) is 4.26. The van der Waals surface area contributed by atoms with E-state index in [1.807, 2.05) is 25.4 Å². The normalized spacial score (nSPS) is 15.7. The van der Waals surface area contributed by atoms with Gasteiger partial charge in [-0.15, -0.1) is 0 Å². The summed E-state index contributed by atoms with van der Waals surface area (Å²) in [7, 11) is 3.90. The maximum absolute atomic E-state index is 5.97. The summed E-state index contributed by atoms with van der Waals surface area (Å²) in [5.41, 5.74) is 1.16. The summed E-state index contributed by atoms with van der Waals surface area (Å²) in [5, 5.41) is 3.41. The van der Waals surface area contributed by atoms with Gasteiger partial charge in [-0.1, -0.05) is 13.3 Å². The summed E-state index contributed by atoms with van der Waals surface area (Å²) < 4.78 is 5.97. The molecule has 1 N–H and O–H groups in total. The van der Waals surface area contributed by atoms with Crippen LogP contribution < -0.4 is 10.1 Å². The SMILES string of the molecule is CCCCN(C)C(=NC)NCc1ccnc(OC2CCCC2)c1. The Morgan fingerprint density at radius 1 is 1.43 bits per heavy atom. The lowest BCUT2D eigenvalue weighted by Crippen LogP contribution is -2.38. The van der Waals surface area contributed by atoms with Crippen molar-refractivity contribution >= 4 is 5.96 Å². The lowest BCUT2D eigenvalue weighted by atomic mass is 10.2. The first-order chi connectivity index (χ1) is 11.2. The standard InChI is InChI=1S/C18H30N4O/c1-4-5-12-22(3)18(19-2)21-14-15-10-11-20-17(13-15)23-16-8-6-7-9-16/h10-11,13,16H,4-9,12,14H2,1-3H3,(H,19,21). The van der Waals surface area contributed by atoms with Gasteiger partial charge in [-0.2, -0.15) is 0 Å². The van der Waals surface area contributed by atoms with E-state index in [9.17, 15) is 0 Å². The minimum absolute atomic E-state index is 0.346. The van der Waals surface area contributed by atoms with E-state index < -0.39 is 0 Å². The van der Waals surface area contributed by atoms with Crippen molar-refractivity contribution in [2.24, 2.45) is 4.99 Å². The van der Waals surface area contributed by atoms with Gasteiger partial charge in [-0.3, -0.25) is 4.99 Å². The minimum Gasteiger partial charge on any atom is -0.474 e. The van der Waals surface area contributed by atoms with Crippen molar-refractivity contribution in [3.05, 3.63) is 23.9 Å². The van der Waals surface area contributed by atoms with Crippen LogP contribution in [0, 0.1) is 0 Å². The van der Waals surface area contributed by atoms with E-state index in [0.717, 1.165) is 43.3 Å². The van der Waals surface area contributed by atoms with Gasteiger partial charge in [-0.05, 0) is 43.7 Å². The Morgan fingerprint density at radius 2 is 2.22 bits per heavy atom. The molecule has 0 saturated heterocycles. The molecule has 1 heterocycles. The molecule has 128 valence electrons. The van der Waals surface area contributed by atoms with Crippen LogP contribution in [0.25, 0.3) is 0 Å². The van der Waals surface area contributed by atoms with Gasteiger partial charge in [0.25, 0.3) is 0 Å². The Morgan fingerprint density at radius 3 is 2.91 bits per heavy atom. The van der Waals surface area contributed by atoms with Gasteiger partial charge in [0.15, 0.2) is 5.96 Å². The quantitative estimate of drug-likeness (QED) is 0.619. The molecule has 1 saturated carbocycles. The highest BCUT2D eigenvalue weighted by Crippen LogP contribution is 2.23. The minimum atomic E-state index is 0.346. The van der Waals surface area contributed by atoms with E-state index in [4.69, 9.17) is 4.74 Å². The van der Waals surface area contributed by atoms with E-state index in [0.29, 0.717) is 6.10 Å². The highest BCUT2D eigenvalue weighted by Gasteiger charge is 2.17. The second kappa shape index (κ2) is 9.38. The Hall–Kier alpha value is -1.78. The molecule has 0 aromatic carbocycles. The highest BCUT2D eigenvalue weighted by molar-refractivity contribution is 5.79. The van der Waals surface area contributed by atoms with Crippen molar-refractivity contribution in [2.45, 2.75) is 58.1 Å². The topological polar surface area (TPSA) is 49.8 Å². The zero-order valence-corrected chi connectivity index (χ0v) is 14.7. The summed E-state index contributed by atoms with van der Waals surface area (Å²) in [6.07, 6.45) is 9.37. The first-order valence-electron chi connectivity index (χ1n) is 8.76. The van der Waals surface area contributed by atoms with Crippen LogP contribution in [-0.2, 0) is 6.54 Å². The number of nitrogens with zero attached hydrogens (tertiary/aromatic N) is 3. The number of ether oxygens (including phenoxy) is 1. The molecule has 5 nitrogen and oxygen atoms in total. The molecule has 0 bridgehead atoms. The number of nitrogens with one attached hydrogen (secondary N) is 1. The smallest absolute Gasteiger partial charge is 0.213 e. The largest absolute Gasteiger partial charge is 0.474 e. The van der Waals surface area contributed by atoms with Crippen LogP contribution in [0.5, 0.6) is 5.88 Å². The molecule has 1 aliphatic rings. The number of hydrogen-bond acceptors (Lipinski definition) is 3. The van der Waals surface area contributed by atoms with Crippen molar-refractivity contribution in [1.82, 2.24) is 15.2 Å². The summed E-state index contributed by atoms with van der Waals surface area (Å²) in [4.78, 5) is 10.8. The van der Waals surface area contributed by atoms with Crippen molar-refractivity contribution in [3.63, 3.8) is 0 Å². The van der Waals surface area contributed by atoms with Crippen molar-refractivity contribution in [3.8, 4) is 5.88 Å². The number of rotatable bonds is 7. The molecule has 0 unspecified atom stereocenters. The molecule has 0 atom stereocenters. The van der Waals surface area contributed by atoms with E-state index in [-0.39, 0.29) is 0 Å². The molecule has 0 spiro atoms. The lowest BCUT2D eigenvalue weighted by Gasteiger charge is -2.22. The Labute approximate surface area is 140 Å². The number of pyridine rings is 1. The van der Waals surface area contributed by atoms with E-state index in [2.05, 4.69) is 34.2 Å². The Bertz CT molecular complexity index is 498. The van der Waals surface area contributed by atoms with Crippen LogP contribution in [-0.4, -0.2) is 42.6 Å². The van der Waals surface area contributed by atoms with E-state index in [1.54, 1.807) is 0 Å². The van der Waals surface area contributed by atoms with Crippen LogP contribution in [0.3, 0.4) is 0 Å². The Kier molecular flexibility index (Phi) is 7.17. The van der Waals surface area contributed by atoms with Crippen LogP contribution in [0.2, 0.25) is 0 Å². The van der Waals surface area contributed by atoms with Gasteiger partial charge in [0.2, 0.25) is 5.88 Å². The number of unbranched alkanes of at least 4 members (excludes halogenated alkanes) is 1. The van der Waals surface area contributed by atoms with Gasteiger partial charge in [0, 0.05) is 39.4 Å². The monoisotopic (exact) mass is 318 g/mol. The third-order valence-electron chi connectivity index (χ3n) is 4.26. The molecule has 1 fully saturated rings. The van der Waals surface area contributed by atoms with Crippen LogP contribution in [0.4, 0.5) is 0 Å². The number of hydrogen-bond donors (Lipinski definition) is 1. The van der Waals surface area contributed by atoms with Gasteiger partial charge in [0.05, 0.1) is 0 Å². The predicted octanol–water partition coefficient (Wildman–Crippen LogP) is 3.21. The molecule has 23 heavy (non-hydrogen) atoms. The van der Waals surface area contributed by atoms with E-state index >= 15 is 0 Å². The molecule has 0 amide bonds. The van der Waals surface area contributed by atoms with Gasteiger partial charge in [-0.25, -0.2) is 4.98 Å². The summed E-state index contributed by atoms with van der Waals surface area (Å²) in [6.45, 7) is 3.95. The highest BCUT2D eigenvalue weighted by atomic mass is 16.5. The fourth-order valence-corrected chi connectivity index (χ4v) is 2.87. The summed E-state index contributed by atoms with van der Waals surface area (Å²) in [6, 6.07) is 4.05. The second-order valence-corrected chi connectivity index (χ2v) is 6.20. The predicted molar refractivity (Wildman–Crippen MR) is 94.9 cm³/mol. The molecule has 1 aromatic rings. The molecular formula is C18H30N4O. The third kappa shape index (κ3) is 5.73. The first-order valence-corrected chi connectivity index (χ1v) is 8.76. The van der Waals surface area contributed by atoms with Crippen molar-refractivity contribution in [2.75, 3.05) is 20.6 Å². The lowest BCUT2D eigenvalue weighted by molar-refractivity contribution is 0.201. The van der Waals surface area contributed by atoms with Crippen LogP contribution >= 0.6 is 0 Å². The first kappa shape index (κ1) is 17.6. The van der Waals surface area contributed by atoms with Crippen LogP contribution in [0.15, 0.2) is 23.3 Å². The van der Waals surface area contributed by atoms with Crippen molar-refractivity contribution in [1.29, 1.82) is 0 Å². The van der Waals surface area contributed by atoms with Crippen LogP contribution in [0.1, 0.15) is 51.0 Å². The summed E-state index contributed by atoms with van der Waals surface area (Å²) in [5.74, 6) is 1.67. The average molecular weight is 318 g/mol. The number of guanidine groups is 1. The average Bonchev–Trinajstić information content (AvgIpc) is 3.06. The van der Waals surface area contributed by atoms with E-state index in [1.165, 1.54) is 25.7 Å². The fraction of sp³-hybridized carbons (Fsp3) is 0.667. The molecule has 5 heteroatoms. The summed E-state index contributed by atoms with van der Waals surface area (Å²) >= 11 is 0. The van der Waals surface area contributed by atoms with Gasteiger partial charge in [0.1, 0.15) is 6.10 Å². The number of aliphatic imine (C=N–C) groups is 1. The zero-order valence-electron chi connectivity index (χ0n) is 14.7. The Balaban J connectivity index is 1.86. The second-order valence-electron chi connectivity index (χ2n) is 6.20. The molecule has 0 radical (unpaired) electrons. The maximum Gasteiger partial charge on any atom is 0.213 e. The molecule has 0 aliphatic heterocycles. The van der Waals surface area contributed by atoms with Gasteiger partial charge < -0.3 is 15.0 Å². The molecule has 1 aromatic heterocycles. The molecular weight excluding hydrogens is 288 g/mol. The molecule has 1 aliphatic carbocycles.